The van der Waals surface area contributed by atoms with Crippen molar-refractivity contribution in [3.8, 4) is 0 Å². The molecule has 4 aromatic rings. The van der Waals surface area contributed by atoms with Crippen LogP contribution >= 0.6 is 0 Å². The summed E-state index contributed by atoms with van der Waals surface area (Å²) in [5.41, 5.74) is 4.18. The van der Waals surface area contributed by atoms with Gasteiger partial charge >= 0.3 is 0 Å². The largest absolute Gasteiger partial charge is 0.404 e. The molecular weight excluding hydrogens is 581 g/mol. The number of Topliss-reactive ketones (excluding diaryl/α,β-unsaturated/α-hetero) is 2. The van der Waals surface area contributed by atoms with Gasteiger partial charge in [-0.2, -0.15) is 0 Å². The predicted molar refractivity (Wildman–Crippen MR) is 196 cm³/mol. The first-order chi connectivity index (χ1) is 21.8. The first-order valence-corrected chi connectivity index (χ1v) is 20.1. The van der Waals surface area contributed by atoms with Gasteiger partial charge in [-0.05, 0) is 88.3 Å². The monoisotopic (exact) mass is 634 g/mol. The second-order valence-electron chi connectivity index (χ2n) is 14.0. The number of hydrogen-bond acceptors (Lipinski definition) is 3. The van der Waals surface area contributed by atoms with Crippen LogP contribution in [0.3, 0.4) is 0 Å². The molecule has 1 atom stereocenters. The van der Waals surface area contributed by atoms with Crippen molar-refractivity contribution in [2.75, 3.05) is 0 Å². The van der Waals surface area contributed by atoms with Gasteiger partial charge < -0.3 is 4.43 Å². The van der Waals surface area contributed by atoms with Gasteiger partial charge in [0, 0.05) is 11.3 Å². The Kier molecular flexibility index (Phi) is 13.5. The Balaban J connectivity index is 0.000000211. The first-order valence-electron chi connectivity index (χ1n) is 16.7. The van der Waals surface area contributed by atoms with E-state index in [2.05, 4.69) is 80.3 Å². The molecule has 1 aliphatic carbocycles. The van der Waals surface area contributed by atoms with Crippen LogP contribution < -0.4 is 0 Å². The summed E-state index contributed by atoms with van der Waals surface area (Å²) in [6.45, 7) is 16.0. The first kappa shape index (κ1) is 36.9. The minimum absolute atomic E-state index is 0.0381. The molecular formula is C42H54O3Si. The van der Waals surface area contributed by atoms with Crippen LogP contribution in [0.15, 0.2) is 121 Å². The average molecular weight is 635 g/mol. The van der Waals surface area contributed by atoms with E-state index in [0.29, 0.717) is 5.92 Å². The van der Waals surface area contributed by atoms with E-state index in [0.717, 1.165) is 11.1 Å². The zero-order valence-electron chi connectivity index (χ0n) is 29.3. The summed E-state index contributed by atoms with van der Waals surface area (Å²) in [7, 11) is -1.73. The topological polar surface area (TPSA) is 43.4 Å². The molecule has 244 valence electrons. The van der Waals surface area contributed by atoms with Crippen molar-refractivity contribution in [1.82, 2.24) is 0 Å². The predicted octanol–water partition coefficient (Wildman–Crippen LogP) is 10.9. The summed E-state index contributed by atoms with van der Waals surface area (Å²) in [6, 6.07) is 41.5. The summed E-state index contributed by atoms with van der Waals surface area (Å²) < 4.78 is 7.02. The van der Waals surface area contributed by atoms with Gasteiger partial charge in [-0.15, -0.1) is 0 Å². The number of hydrogen-bond donors (Lipinski definition) is 0. The van der Waals surface area contributed by atoms with Gasteiger partial charge in [-0.3, -0.25) is 9.59 Å². The Morgan fingerprint density at radius 3 is 1.37 bits per heavy atom. The Morgan fingerprint density at radius 1 is 0.652 bits per heavy atom. The zero-order valence-corrected chi connectivity index (χ0v) is 30.3. The Morgan fingerprint density at radius 2 is 1.02 bits per heavy atom. The highest BCUT2D eigenvalue weighted by Crippen LogP contribution is 2.49. The second-order valence-corrected chi connectivity index (χ2v) is 18.4. The van der Waals surface area contributed by atoms with Crippen LogP contribution in [-0.4, -0.2) is 19.9 Å². The van der Waals surface area contributed by atoms with E-state index in [1.807, 2.05) is 81.4 Å². The van der Waals surface area contributed by atoms with Gasteiger partial charge in [-0.25, -0.2) is 0 Å². The molecule has 5 rings (SSSR count). The van der Waals surface area contributed by atoms with Gasteiger partial charge in [0.2, 0.25) is 0 Å². The van der Waals surface area contributed by atoms with Gasteiger partial charge in [0.25, 0.3) is 0 Å². The standard InChI is InChI=1S/C21H28OSi.C11H14O.C10H12O/c1-23(2,3)22-21(20-16-10-11-17-20,18-12-6-4-7-13-18)19-14-8-5-9-15-19;1-9(12)11(2,3)10-7-5-4-6-8-10;1-8(9(2)11)10-6-4-3-5-7-10/h4-9,12-15,20H,10-11,16-17H2,1-3H3;4-8H,1-3H3;3-8H,1-2H3. The number of carbonyl (C=O) groups excluding carboxylic acids is 2. The quantitative estimate of drug-likeness (QED) is 0.172. The summed E-state index contributed by atoms with van der Waals surface area (Å²) in [4.78, 5) is 22.2. The van der Waals surface area contributed by atoms with Gasteiger partial charge in [0.1, 0.15) is 17.2 Å². The molecule has 1 aliphatic rings. The van der Waals surface area contributed by atoms with Crippen LogP contribution in [0.2, 0.25) is 19.6 Å². The number of carbonyl (C=O) groups is 2. The van der Waals surface area contributed by atoms with Crippen molar-refractivity contribution in [2.24, 2.45) is 5.92 Å². The molecule has 0 spiro atoms. The molecule has 4 aromatic carbocycles. The van der Waals surface area contributed by atoms with Gasteiger partial charge in [0.15, 0.2) is 8.32 Å². The van der Waals surface area contributed by atoms with E-state index >= 15 is 0 Å². The van der Waals surface area contributed by atoms with E-state index in [9.17, 15) is 9.59 Å². The van der Waals surface area contributed by atoms with Crippen molar-refractivity contribution in [3.63, 3.8) is 0 Å². The lowest BCUT2D eigenvalue weighted by Gasteiger charge is -2.44. The molecule has 1 saturated carbocycles. The highest BCUT2D eigenvalue weighted by molar-refractivity contribution is 6.69. The SMILES string of the molecule is CC(=O)C(C)(C)c1ccccc1.CC(=O)C(C)c1ccccc1.C[Si](C)(C)OC(c1ccccc1)(c1ccccc1)C1CCCC1. The molecule has 1 unspecified atom stereocenters. The molecule has 0 aromatic heterocycles. The molecule has 0 heterocycles. The summed E-state index contributed by atoms with van der Waals surface area (Å²) >= 11 is 0. The van der Waals surface area contributed by atoms with Crippen molar-refractivity contribution in [2.45, 2.75) is 96.9 Å². The molecule has 1 fully saturated rings. The number of rotatable bonds is 9. The van der Waals surface area contributed by atoms with Gasteiger partial charge in [0.05, 0.1) is 0 Å². The lowest BCUT2D eigenvalue weighted by molar-refractivity contribution is -0.121. The molecule has 0 bridgehead atoms. The molecule has 3 nitrogen and oxygen atoms in total. The average Bonchev–Trinajstić information content (AvgIpc) is 3.61. The smallest absolute Gasteiger partial charge is 0.185 e. The van der Waals surface area contributed by atoms with E-state index < -0.39 is 8.32 Å². The lowest BCUT2D eigenvalue weighted by atomic mass is 9.75. The van der Waals surface area contributed by atoms with Crippen LogP contribution in [0.1, 0.15) is 88.5 Å². The molecule has 4 heteroatoms. The fourth-order valence-electron chi connectivity index (χ4n) is 6.06. The summed E-state index contributed by atoms with van der Waals surface area (Å²) in [5.74, 6) is 1.03. The molecule has 0 aliphatic heterocycles. The third-order valence-electron chi connectivity index (χ3n) is 9.09. The van der Waals surface area contributed by atoms with Crippen molar-refractivity contribution >= 4 is 19.9 Å². The summed E-state index contributed by atoms with van der Waals surface area (Å²) in [6.07, 6.45) is 5.16. The maximum atomic E-state index is 11.3. The van der Waals surface area contributed by atoms with Crippen LogP contribution in [-0.2, 0) is 25.0 Å². The molecule has 0 radical (unpaired) electrons. The van der Waals surface area contributed by atoms with Crippen molar-refractivity contribution in [3.05, 3.63) is 144 Å². The molecule has 0 N–H and O–H groups in total. The second kappa shape index (κ2) is 16.8. The third-order valence-corrected chi connectivity index (χ3v) is 10.0. The minimum atomic E-state index is -1.73. The normalized spacial score (nSPS) is 14.3. The van der Waals surface area contributed by atoms with Gasteiger partial charge in [-0.1, -0.05) is 141 Å². The summed E-state index contributed by atoms with van der Waals surface area (Å²) in [5, 5.41) is 0. The highest BCUT2D eigenvalue weighted by Gasteiger charge is 2.46. The molecule has 46 heavy (non-hydrogen) atoms. The molecule has 0 saturated heterocycles. The zero-order chi connectivity index (χ0) is 33.8. The minimum Gasteiger partial charge on any atom is -0.404 e. The fraction of sp³-hybridized carbons (Fsp3) is 0.381. The van der Waals surface area contributed by atoms with E-state index in [1.54, 1.807) is 13.8 Å². The Hall–Kier alpha value is -3.60. The maximum absolute atomic E-state index is 11.3. The van der Waals surface area contributed by atoms with E-state index in [-0.39, 0.29) is 28.5 Å². The van der Waals surface area contributed by atoms with Crippen LogP contribution in [0, 0.1) is 5.92 Å². The Labute approximate surface area is 279 Å². The maximum Gasteiger partial charge on any atom is 0.185 e. The van der Waals surface area contributed by atoms with Crippen LogP contribution in [0.5, 0.6) is 0 Å². The number of benzene rings is 4. The third kappa shape index (κ3) is 9.95. The number of ketones is 2. The van der Waals surface area contributed by atoms with E-state index in [1.165, 1.54) is 36.8 Å². The fourth-order valence-corrected chi connectivity index (χ4v) is 7.43. The Bertz CT molecular complexity index is 1430. The van der Waals surface area contributed by atoms with E-state index in [4.69, 9.17) is 4.43 Å². The molecule has 0 amide bonds. The van der Waals surface area contributed by atoms with Crippen molar-refractivity contribution < 1.29 is 14.0 Å². The van der Waals surface area contributed by atoms with Crippen molar-refractivity contribution in [1.29, 1.82) is 0 Å². The van der Waals surface area contributed by atoms with Crippen LogP contribution in [0.4, 0.5) is 0 Å². The lowest BCUT2D eigenvalue weighted by Crippen LogP contribution is -2.46. The highest BCUT2D eigenvalue weighted by atomic mass is 28.4. The van der Waals surface area contributed by atoms with Crippen LogP contribution in [0.25, 0.3) is 0 Å².